The second-order valence-electron chi connectivity index (χ2n) is 8.12. The predicted octanol–water partition coefficient (Wildman–Crippen LogP) is 8.57. The highest BCUT2D eigenvalue weighted by Gasteiger charge is 2.35. The van der Waals surface area contributed by atoms with Crippen LogP contribution in [0, 0.1) is 3.57 Å². The van der Waals surface area contributed by atoms with Crippen molar-refractivity contribution in [2.45, 2.75) is 13.2 Å². The van der Waals surface area contributed by atoms with Crippen molar-refractivity contribution in [1.82, 2.24) is 4.90 Å². The Morgan fingerprint density at radius 3 is 2.53 bits per heavy atom. The Labute approximate surface area is 236 Å². The lowest BCUT2D eigenvalue weighted by Gasteiger charge is -2.14. The van der Waals surface area contributed by atoms with Crippen LogP contribution in [0.25, 0.3) is 16.8 Å². The van der Waals surface area contributed by atoms with Crippen molar-refractivity contribution < 1.29 is 14.3 Å². The lowest BCUT2D eigenvalue weighted by atomic mass is 10.0. The molecule has 4 aromatic rings. The maximum Gasteiger partial charge on any atom is 0.293 e. The molecule has 0 radical (unpaired) electrons. The summed E-state index contributed by atoms with van der Waals surface area (Å²) in [5, 5.41) is 2.96. The number of carbonyl (C=O) groups is 2. The van der Waals surface area contributed by atoms with E-state index < -0.39 is 0 Å². The van der Waals surface area contributed by atoms with E-state index in [2.05, 4.69) is 22.6 Å². The van der Waals surface area contributed by atoms with Gasteiger partial charge in [0.25, 0.3) is 11.1 Å². The standard InChI is InChI=1S/C28H18Cl2INO3S/c29-21-10-9-20(23(30)14-21)16-35-25-11-8-17(12-24(25)31)13-26-27(33)32(28(34)36-26)15-19-6-3-5-18-4-1-2-7-22(18)19/h1-14H,15-16H2/b26-13+. The van der Waals surface area contributed by atoms with Crippen LogP contribution < -0.4 is 4.74 Å². The molecule has 0 N–H and O–H groups in total. The molecule has 36 heavy (non-hydrogen) atoms. The topological polar surface area (TPSA) is 46.6 Å². The van der Waals surface area contributed by atoms with Gasteiger partial charge in [-0.2, -0.15) is 0 Å². The zero-order valence-electron chi connectivity index (χ0n) is 18.7. The molecule has 1 aliphatic heterocycles. The van der Waals surface area contributed by atoms with Gasteiger partial charge in [-0.1, -0.05) is 77.8 Å². The van der Waals surface area contributed by atoms with Crippen LogP contribution >= 0.6 is 57.6 Å². The van der Waals surface area contributed by atoms with E-state index in [1.807, 2.05) is 66.7 Å². The summed E-state index contributed by atoms with van der Waals surface area (Å²) in [5.41, 5.74) is 2.58. The maximum atomic E-state index is 13.1. The SMILES string of the molecule is O=C1S/C(=C/c2ccc(OCc3ccc(Cl)cc3Cl)c(I)c2)C(=O)N1Cc1cccc2ccccc12. The number of ether oxygens (including phenoxy) is 1. The van der Waals surface area contributed by atoms with Crippen LogP contribution in [0.5, 0.6) is 5.75 Å². The molecule has 1 aliphatic rings. The normalized spacial score (nSPS) is 14.8. The lowest BCUT2D eigenvalue weighted by molar-refractivity contribution is -0.123. The molecule has 0 unspecified atom stereocenters. The molecular weight excluding hydrogens is 628 g/mol. The van der Waals surface area contributed by atoms with E-state index in [1.54, 1.807) is 18.2 Å². The summed E-state index contributed by atoms with van der Waals surface area (Å²) in [4.78, 5) is 27.5. The van der Waals surface area contributed by atoms with Crippen molar-refractivity contribution in [1.29, 1.82) is 0 Å². The second-order valence-corrected chi connectivity index (χ2v) is 11.1. The molecule has 4 nitrogen and oxygen atoms in total. The zero-order chi connectivity index (χ0) is 25.2. The highest BCUT2D eigenvalue weighted by molar-refractivity contribution is 14.1. The minimum absolute atomic E-state index is 0.237. The summed E-state index contributed by atoms with van der Waals surface area (Å²) in [5.74, 6) is 0.411. The van der Waals surface area contributed by atoms with Gasteiger partial charge in [-0.05, 0) is 86.6 Å². The number of rotatable bonds is 6. The van der Waals surface area contributed by atoms with E-state index >= 15 is 0 Å². The van der Waals surface area contributed by atoms with E-state index in [-0.39, 0.29) is 17.7 Å². The van der Waals surface area contributed by atoms with Crippen molar-refractivity contribution in [3.8, 4) is 5.75 Å². The monoisotopic (exact) mass is 645 g/mol. The summed E-state index contributed by atoms with van der Waals surface area (Å²) >= 11 is 15.3. The van der Waals surface area contributed by atoms with Crippen molar-refractivity contribution in [2.24, 2.45) is 0 Å². The number of amides is 2. The second kappa shape index (κ2) is 10.8. The summed E-state index contributed by atoms with van der Waals surface area (Å²) in [6.45, 7) is 0.541. The van der Waals surface area contributed by atoms with Gasteiger partial charge >= 0.3 is 0 Å². The van der Waals surface area contributed by atoms with Crippen LogP contribution in [0.3, 0.4) is 0 Å². The predicted molar refractivity (Wildman–Crippen MR) is 155 cm³/mol. The van der Waals surface area contributed by atoms with Gasteiger partial charge in [0.15, 0.2) is 0 Å². The molecule has 8 heteroatoms. The first-order valence-corrected chi connectivity index (χ1v) is 13.6. The first kappa shape index (κ1) is 25.1. The Kier molecular flexibility index (Phi) is 7.57. The molecule has 0 aliphatic carbocycles. The van der Waals surface area contributed by atoms with Gasteiger partial charge in [0, 0.05) is 15.6 Å². The van der Waals surface area contributed by atoms with Crippen LogP contribution in [0.4, 0.5) is 4.79 Å². The molecule has 0 saturated carbocycles. The van der Waals surface area contributed by atoms with Crippen LogP contribution in [-0.4, -0.2) is 16.0 Å². The van der Waals surface area contributed by atoms with Crippen LogP contribution in [0.15, 0.2) is 83.8 Å². The Bertz CT molecular complexity index is 1530. The van der Waals surface area contributed by atoms with E-state index in [4.69, 9.17) is 27.9 Å². The minimum atomic E-state index is -0.286. The highest BCUT2D eigenvalue weighted by Crippen LogP contribution is 2.35. The third-order valence-corrected chi connectivity index (χ3v) is 8.07. The number of halogens is 3. The fourth-order valence-electron chi connectivity index (χ4n) is 3.91. The number of fused-ring (bicyclic) bond motifs is 1. The lowest BCUT2D eigenvalue weighted by Crippen LogP contribution is -2.27. The molecule has 2 amide bonds. The van der Waals surface area contributed by atoms with E-state index in [1.165, 1.54) is 4.90 Å². The van der Waals surface area contributed by atoms with Crippen LogP contribution in [0.2, 0.25) is 10.0 Å². The largest absolute Gasteiger partial charge is 0.488 e. The molecule has 0 bridgehead atoms. The Morgan fingerprint density at radius 2 is 1.72 bits per heavy atom. The molecule has 1 heterocycles. The molecule has 4 aromatic carbocycles. The third kappa shape index (κ3) is 5.42. The zero-order valence-corrected chi connectivity index (χ0v) is 23.2. The first-order chi connectivity index (χ1) is 17.4. The number of nitrogens with zero attached hydrogens (tertiary/aromatic N) is 1. The summed E-state index contributed by atoms with van der Waals surface area (Å²) < 4.78 is 6.81. The summed E-state index contributed by atoms with van der Waals surface area (Å²) in [7, 11) is 0. The fraction of sp³-hybridized carbons (Fsp3) is 0.0714. The highest BCUT2D eigenvalue weighted by atomic mass is 127. The average Bonchev–Trinajstić information content (AvgIpc) is 3.12. The number of hydrogen-bond acceptors (Lipinski definition) is 4. The minimum Gasteiger partial charge on any atom is -0.488 e. The third-order valence-electron chi connectivity index (χ3n) is 5.73. The Morgan fingerprint density at radius 1 is 0.917 bits per heavy atom. The number of benzene rings is 4. The van der Waals surface area contributed by atoms with Crippen LogP contribution in [0.1, 0.15) is 16.7 Å². The van der Waals surface area contributed by atoms with Gasteiger partial charge in [-0.15, -0.1) is 0 Å². The van der Waals surface area contributed by atoms with Crippen LogP contribution in [-0.2, 0) is 17.9 Å². The molecule has 5 rings (SSSR count). The van der Waals surface area contributed by atoms with Gasteiger partial charge in [-0.3, -0.25) is 14.5 Å². The Hall–Kier alpha value is -2.52. The number of hydrogen-bond donors (Lipinski definition) is 0. The molecule has 0 atom stereocenters. The molecule has 0 spiro atoms. The molecular formula is C28H18Cl2INO3S. The molecule has 0 aromatic heterocycles. The van der Waals surface area contributed by atoms with E-state index in [0.29, 0.717) is 27.3 Å². The van der Waals surface area contributed by atoms with Crippen molar-refractivity contribution in [3.05, 3.63) is 114 Å². The summed E-state index contributed by atoms with van der Waals surface area (Å²) in [6.07, 6.45) is 1.75. The smallest absolute Gasteiger partial charge is 0.293 e. The first-order valence-electron chi connectivity index (χ1n) is 11.0. The molecule has 1 saturated heterocycles. The number of carbonyl (C=O) groups excluding carboxylic acids is 2. The fourth-order valence-corrected chi connectivity index (χ4v) is 5.90. The van der Waals surface area contributed by atoms with Crippen molar-refractivity contribution >= 4 is 85.5 Å². The van der Waals surface area contributed by atoms with E-state index in [9.17, 15) is 9.59 Å². The van der Waals surface area contributed by atoms with Gasteiger partial charge in [-0.25, -0.2) is 0 Å². The number of thioether (sulfide) groups is 1. The van der Waals surface area contributed by atoms with Crippen molar-refractivity contribution in [2.75, 3.05) is 0 Å². The van der Waals surface area contributed by atoms with Gasteiger partial charge < -0.3 is 4.74 Å². The average molecular weight is 646 g/mol. The molecule has 1 fully saturated rings. The molecule has 180 valence electrons. The van der Waals surface area contributed by atoms with Gasteiger partial charge in [0.1, 0.15) is 12.4 Å². The maximum absolute atomic E-state index is 13.1. The van der Waals surface area contributed by atoms with Crippen molar-refractivity contribution in [3.63, 3.8) is 0 Å². The summed E-state index contributed by atoms with van der Waals surface area (Å²) in [6, 6.07) is 24.8. The number of imide groups is 1. The van der Waals surface area contributed by atoms with E-state index in [0.717, 1.165) is 42.8 Å². The quantitative estimate of drug-likeness (QED) is 0.156. The van der Waals surface area contributed by atoms with Gasteiger partial charge in [0.05, 0.1) is 15.0 Å². The van der Waals surface area contributed by atoms with Gasteiger partial charge in [0.2, 0.25) is 0 Å². The Balaban J connectivity index is 1.31.